The van der Waals surface area contributed by atoms with Crippen LogP contribution in [0, 0.1) is 17.8 Å². The van der Waals surface area contributed by atoms with Gasteiger partial charge in [0.1, 0.15) is 5.75 Å². The monoisotopic (exact) mass is 403 g/mol. The summed E-state index contributed by atoms with van der Waals surface area (Å²) in [5.41, 5.74) is 7.25. The highest BCUT2D eigenvalue weighted by Gasteiger charge is 2.33. The van der Waals surface area contributed by atoms with Crippen molar-refractivity contribution in [3.05, 3.63) is 29.8 Å². The maximum Gasteiger partial charge on any atom is 0.119 e. The Hall–Kier alpha value is -1.06. The number of benzene rings is 1. The number of aliphatic hydroxyl groups is 1. The third kappa shape index (κ3) is 10.5. The van der Waals surface area contributed by atoms with E-state index in [4.69, 9.17) is 10.5 Å². The Kier molecular flexibility index (Phi) is 10.5. The van der Waals surface area contributed by atoms with E-state index in [1.807, 2.05) is 0 Å². The van der Waals surface area contributed by atoms with Crippen molar-refractivity contribution in [2.75, 3.05) is 13.2 Å². The Morgan fingerprint density at radius 3 is 2.34 bits per heavy atom. The highest BCUT2D eigenvalue weighted by Crippen LogP contribution is 2.37. The molecule has 166 valence electrons. The summed E-state index contributed by atoms with van der Waals surface area (Å²) >= 11 is 0. The topological polar surface area (TPSA) is 55.5 Å². The first-order valence-corrected chi connectivity index (χ1v) is 12.0. The van der Waals surface area contributed by atoms with E-state index in [0.717, 1.165) is 55.8 Å². The molecule has 0 saturated heterocycles. The molecule has 0 bridgehead atoms. The van der Waals surface area contributed by atoms with Crippen LogP contribution in [0.15, 0.2) is 24.3 Å². The highest BCUT2D eigenvalue weighted by molar-refractivity contribution is 5.27. The van der Waals surface area contributed by atoms with Crippen LogP contribution in [0.3, 0.4) is 0 Å². The van der Waals surface area contributed by atoms with Gasteiger partial charge in [0.2, 0.25) is 0 Å². The molecule has 2 atom stereocenters. The van der Waals surface area contributed by atoms with Gasteiger partial charge in [0.15, 0.2) is 0 Å². The van der Waals surface area contributed by atoms with E-state index in [2.05, 4.69) is 45.0 Å². The van der Waals surface area contributed by atoms with Gasteiger partial charge in [0.25, 0.3) is 0 Å². The molecule has 1 fully saturated rings. The molecule has 1 saturated carbocycles. The van der Waals surface area contributed by atoms with Crippen LogP contribution < -0.4 is 10.5 Å². The average Bonchev–Trinajstić information content (AvgIpc) is 3.50. The summed E-state index contributed by atoms with van der Waals surface area (Å²) in [4.78, 5) is 0. The molecular formula is C26H45NO2. The predicted molar refractivity (Wildman–Crippen MR) is 123 cm³/mol. The van der Waals surface area contributed by atoms with Gasteiger partial charge in [0, 0.05) is 5.54 Å². The Morgan fingerprint density at radius 1 is 1.03 bits per heavy atom. The molecule has 0 heterocycles. The summed E-state index contributed by atoms with van der Waals surface area (Å²) < 4.78 is 5.92. The maximum absolute atomic E-state index is 9.68. The van der Waals surface area contributed by atoms with Gasteiger partial charge < -0.3 is 15.6 Å². The van der Waals surface area contributed by atoms with Gasteiger partial charge in [-0.3, -0.25) is 0 Å². The second-order valence-corrected chi connectivity index (χ2v) is 10.1. The molecule has 3 nitrogen and oxygen atoms in total. The number of hydrogen-bond acceptors (Lipinski definition) is 3. The molecule has 3 heteroatoms. The Bertz CT molecular complexity index is 552. The van der Waals surface area contributed by atoms with E-state index in [-0.39, 0.29) is 6.61 Å². The van der Waals surface area contributed by atoms with Gasteiger partial charge >= 0.3 is 0 Å². The summed E-state index contributed by atoms with van der Waals surface area (Å²) in [5, 5.41) is 9.68. The molecule has 1 aromatic carbocycles. The molecule has 1 aliphatic carbocycles. The summed E-state index contributed by atoms with van der Waals surface area (Å²) in [6.45, 7) is 7.89. The SMILES string of the molecule is CC(C)CCCC(C)CCCCOc1ccc(CCC(N)(CO)CC2CC2)cc1. The van der Waals surface area contributed by atoms with Crippen molar-refractivity contribution in [3.63, 3.8) is 0 Å². The lowest BCUT2D eigenvalue weighted by Crippen LogP contribution is -2.44. The number of aliphatic hydroxyl groups excluding tert-OH is 1. The molecule has 2 unspecified atom stereocenters. The number of rotatable bonds is 16. The van der Waals surface area contributed by atoms with Crippen LogP contribution >= 0.6 is 0 Å². The number of hydrogen-bond donors (Lipinski definition) is 2. The molecule has 3 N–H and O–H groups in total. The van der Waals surface area contributed by atoms with Crippen molar-refractivity contribution in [2.24, 2.45) is 23.5 Å². The minimum absolute atomic E-state index is 0.0844. The zero-order valence-electron chi connectivity index (χ0n) is 19.2. The lowest BCUT2D eigenvalue weighted by Gasteiger charge is -2.27. The van der Waals surface area contributed by atoms with E-state index in [1.165, 1.54) is 50.5 Å². The molecule has 1 aromatic rings. The third-order valence-corrected chi connectivity index (χ3v) is 6.38. The molecule has 0 amide bonds. The first kappa shape index (κ1) is 24.2. The van der Waals surface area contributed by atoms with Crippen LogP contribution in [-0.2, 0) is 6.42 Å². The van der Waals surface area contributed by atoms with Crippen LogP contribution in [-0.4, -0.2) is 23.9 Å². The molecule has 2 rings (SSSR count). The van der Waals surface area contributed by atoms with Crippen LogP contribution in [0.1, 0.15) is 90.5 Å². The minimum atomic E-state index is -0.414. The lowest BCUT2D eigenvalue weighted by atomic mass is 9.88. The van der Waals surface area contributed by atoms with Gasteiger partial charge in [-0.1, -0.05) is 71.4 Å². The van der Waals surface area contributed by atoms with Gasteiger partial charge in [-0.25, -0.2) is 0 Å². The zero-order valence-corrected chi connectivity index (χ0v) is 19.2. The van der Waals surface area contributed by atoms with Crippen molar-refractivity contribution in [1.29, 1.82) is 0 Å². The van der Waals surface area contributed by atoms with E-state index in [1.54, 1.807) is 0 Å². The zero-order chi connectivity index (χ0) is 21.1. The van der Waals surface area contributed by atoms with Crippen LogP contribution in [0.5, 0.6) is 5.75 Å². The molecule has 0 aromatic heterocycles. The van der Waals surface area contributed by atoms with Gasteiger partial charge in [-0.05, 0) is 67.6 Å². The van der Waals surface area contributed by atoms with Crippen molar-refractivity contribution in [2.45, 2.75) is 96.9 Å². The fourth-order valence-electron chi connectivity index (χ4n) is 4.09. The quantitative estimate of drug-likeness (QED) is 0.327. The fourth-order valence-corrected chi connectivity index (χ4v) is 4.09. The molecule has 29 heavy (non-hydrogen) atoms. The Labute approximate surface area is 179 Å². The standard InChI is InChI=1S/C26H45NO2/c1-21(2)7-6-9-22(3)8-4-5-18-29-25-14-12-23(13-15-25)16-17-26(27,20-28)19-24-10-11-24/h12-15,21-22,24,28H,4-11,16-20,27H2,1-3H3. The second-order valence-electron chi connectivity index (χ2n) is 10.1. The molecule has 1 aliphatic rings. The first-order valence-electron chi connectivity index (χ1n) is 12.0. The van der Waals surface area contributed by atoms with Crippen molar-refractivity contribution in [1.82, 2.24) is 0 Å². The summed E-state index contributed by atoms with van der Waals surface area (Å²) in [5.74, 6) is 3.36. The fraction of sp³-hybridized carbons (Fsp3) is 0.769. The Balaban J connectivity index is 1.57. The Morgan fingerprint density at radius 2 is 1.72 bits per heavy atom. The van der Waals surface area contributed by atoms with Crippen molar-refractivity contribution < 1.29 is 9.84 Å². The van der Waals surface area contributed by atoms with Crippen molar-refractivity contribution in [3.8, 4) is 5.75 Å². The van der Waals surface area contributed by atoms with Crippen LogP contribution in [0.2, 0.25) is 0 Å². The highest BCUT2D eigenvalue weighted by atomic mass is 16.5. The summed E-state index contributed by atoms with van der Waals surface area (Å²) in [7, 11) is 0. The number of unbranched alkanes of at least 4 members (excludes halogenated alkanes) is 1. The van der Waals surface area contributed by atoms with Gasteiger partial charge in [-0.15, -0.1) is 0 Å². The molecular weight excluding hydrogens is 358 g/mol. The maximum atomic E-state index is 9.68. The minimum Gasteiger partial charge on any atom is -0.494 e. The molecule has 0 spiro atoms. The normalized spacial score (nSPS) is 17.3. The van der Waals surface area contributed by atoms with Crippen LogP contribution in [0.4, 0.5) is 0 Å². The third-order valence-electron chi connectivity index (χ3n) is 6.38. The van der Waals surface area contributed by atoms with Crippen LogP contribution in [0.25, 0.3) is 0 Å². The largest absolute Gasteiger partial charge is 0.494 e. The summed E-state index contributed by atoms with van der Waals surface area (Å²) in [6.07, 6.45) is 13.1. The van der Waals surface area contributed by atoms with Gasteiger partial charge in [-0.2, -0.15) is 0 Å². The lowest BCUT2D eigenvalue weighted by molar-refractivity contribution is 0.172. The van der Waals surface area contributed by atoms with E-state index in [9.17, 15) is 5.11 Å². The first-order chi connectivity index (χ1) is 13.9. The number of aryl methyl sites for hydroxylation is 1. The molecule has 0 radical (unpaired) electrons. The average molecular weight is 404 g/mol. The number of nitrogens with two attached hydrogens (primary N) is 1. The second kappa shape index (κ2) is 12.6. The van der Waals surface area contributed by atoms with E-state index in [0.29, 0.717) is 0 Å². The summed E-state index contributed by atoms with van der Waals surface area (Å²) in [6, 6.07) is 8.42. The smallest absolute Gasteiger partial charge is 0.119 e. The van der Waals surface area contributed by atoms with Crippen molar-refractivity contribution >= 4 is 0 Å². The number of ether oxygens (including phenoxy) is 1. The molecule has 0 aliphatic heterocycles. The predicted octanol–water partition coefficient (Wildman–Crippen LogP) is 6.12. The van der Waals surface area contributed by atoms with E-state index < -0.39 is 5.54 Å². The van der Waals surface area contributed by atoms with Gasteiger partial charge in [0.05, 0.1) is 13.2 Å². The van der Waals surface area contributed by atoms with E-state index >= 15 is 0 Å².